The van der Waals surface area contributed by atoms with Gasteiger partial charge in [0.2, 0.25) is 0 Å². The minimum absolute atomic E-state index is 0.0156. The highest BCUT2D eigenvalue weighted by Gasteiger charge is 2.59. The van der Waals surface area contributed by atoms with Gasteiger partial charge in [-0.3, -0.25) is 0 Å². The van der Waals surface area contributed by atoms with Gasteiger partial charge in [-0.25, -0.2) is 4.79 Å². The lowest BCUT2D eigenvalue weighted by Crippen LogP contribution is -2.38. The highest BCUT2D eigenvalue weighted by molar-refractivity contribution is 5.70. The molecule has 0 aromatic carbocycles. The second-order valence-corrected chi connectivity index (χ2v) is 4.29. The number of methoxy groups -OCH3 is 1. The topological polar surface area (TPSA) is 54.0 Å². The SMILES string of the molecule is COC(=O)CO[C@@H]1[C@@H]2OC[C@H](O2)[C@H]2C[C@@H]21. The summed E-state index contributed by atoms with van der Waals surface area (Å²) in [6.07, 6.45) is 1.03. The Balaban J connectivity index is 1.59. The predicted molar refractivity (Wildman–Crippen MR) is 48.0 cm³/mol. The standard InChI is InChI=1S/C10H14O5/c1-12-8(11)4-13-9-6-2-5(6)7-3-14-10(9)15-7/h5-7,9-10H,2-4H2,1H3/t5-,6-,7-,9-,10+/m0/s1. The van der Waals surface area contributed by atoms with Crippen molar-refractivity contribution in [2.24, 2.45) is 11.8 Å². The van der Waals surface area contributed by atoms with E-state index < -0.39 is 0 Å². The van der Waals surface area contributed by atoms with E-state index in [-0.39, 0.29) is 31.1 Å². The molecule has 2 aliphatic heterocycles. The van der Waals surface area contributed by atoms with E-state index in [1.807, 2.05) is 0 Å². The number of carbonyl (C=O) groups is 1. The van der Waals surface area contributed by atoms with Gasteiger partial charge in [0, 0.05) is 0 Å². The van der Waals surface area contributed by atoms with E-state index in [4.69, 9.17) is 14.2 Å². The van der Waals surface area contributed by atoms with Gasteiger partial charge in [0.15, 0.2) is 6.29 Å². The molecule has 0 aromatic heterocycles. The molecule has 0 aromatic rings. The van der Waals surface area contributed by atoms with Crippen LogP contribution in [0.2, 0.25) is 0 Å². The lowest BCUT2D eigenvalue weighted by atomic mass is 10.1. The van der Waals surface area contributed by atoms with Crippen LogP contribution in [0.1, 0.15) is 6.42 Å². The van der Waals surface area contributed by atoms with Crippen LogP contribution in [0.4, 0.5) is 0 Å². The predicted octanol–water partition coefficient (Wildman–Crippen LogP) is -0.0642. The number of fused-ring (bicyclic) bond motifs is 4. The van der Waals surface area contributed by atoms with Crippen LogP contribution in [0.5, 0.6) is 0 Å². The summed E-state index contributed by atoms with van der Waals surface area (Å²) >= 11 is 0. The third-order valence-corrected chi connectivity index (χ3v) is 3.41. The molecular weight excluding hydrogens is 200 g/mol. The molecule has 0 radical (unpaired) electrons. The summed E-state index contributed by atoms with van der Waals surface area (Å²) in [6.45, 7) is 0.655. The molecule has 0 spiro atoms. The molecule has 15 heavy (non-hydrogen) atoms. The van der Waals surface area contributed by atoms with Gasteiger partial charge in [0.1, 0.15) is 12.7 Å². The second kappa shape index (κ2) is 3.43. The Morgan fingerprint density at radius 1 is 1.47 bits per heavy atom. The highest BCUT2D eigenvalue weighted by atomic mass is 16.7. The van der Waals surface area contributed by atoms with Gasteiger partial charge < -0.3 is 18.9 Å². The van der Waals surface area contributed by atoms with Crippen LogP contribution in [0.25, 0.3) is 0 Å². The fourth-order valence-corrected chi connectivity index (χ4v) is 2.51. The molecule has 5 heteroatoms. The van der Waals surface area contributed by atoms with Crippen molar-refractivity contribution in [1.29, 1.82) is 0 Å². The van der Waals surface area contributed by atoms with E-state index in [0.29, 0.717) is 18.4 Å². The summed E-state index contributed by atoms with van der Waals surface area (Å²) in [5, 5.41) is 0. The van der Waals surface area contributed by atoms with E-state index >= 15 is 0 Å². The average molecular weight is 214 g/mol. The monoisotopic (exact) mass is 214 g/mol. The van der Waals surface area contributed by atoms with Crippen molar-refractivity contribution in [2.45, 2.75) is 24.9 Å². The van der Waals surface area contributed by atoms with E-state index in [2.05, 4.69) is 4.74 Å². The quantitative estimate of drug-likeness (QED) is 0.616. The summed E-state index contributed by atoms with van der Waals surface area (Å²) in [4.78, 5) is 11.0. The maximum Gasteiger partial charge on any atom is 0.331 e. The molecule has 84 valence electrons. The molecule has 2 saturated heterocycles. The number of hydrogen-bond acceptors (Lipinski definition) is 5. The van der Waals surface area contributed by atoms with Crippen LogP contribution in [0.3, 0.4) is 0 Å². The third-order valence-electron chi connectivity index (χ3n) is 3.41. The Bertz CT molecular complexity index is 279. The Morgan fingerprint density at radius 2 is 2.33 bits per heavy atom. The fraction of sp³-hybridized carbons (Fsp3) is 0.900. The van der Waals surface area contributed by atoms with Crippen molar-refractivity contribution >= 4 is 5.97 Å². The number of carbonyl (C=O) groups excluding carboxylic acids is 1. The molecule has 5 nitrogen and oxygen atoms in total. The third kappa shape index (κ3) is 1.55. The number of hydrogen-bond donors (Lipinski definition) is 0. The van der Waals surface area contributed by atoms with Gasteiger partial charge in [0.05, 0.1) is 19.8 Å². The largest absolute Gasteiger partial charge is 0.467 e. The van der Waals surface area contributed by atoms with Crippen molar-refractivity contribution in [1.82, 2.24) is 0 Å². The lowest BCUT2D eigenvalue weighted by molar-refractivity contribution is -0.186. The zero-order valence-corrected chi connectivity index (χ0v) is 8.55. The fourth-order valence-electron chi connectivity index (χ4n) is 2.51. The van der Waals surface area contributed by atoms with Gasteiger partial charge in [-0.15, -0.1) is 0 Å². The maximum absolute atomic E-state index is 11.0. The average Bonchev–Trinajstić information content (AvgIpc) is 2.93. The van der Waals surface area contributed by atoms with Crippen molar-refractivity contribution in [2.75, 3.05) is 20.3 Å². The molecule has 1 saturated carbocycles. The van der Waals surface area contributed by atoms with Crippen LogP contribution < -0.4 is 0 Å². The Hall–Kier alpha value is -0.650. The summed E-state index contributed by atoms with van der Waals surface area (Å²) < 4.78 is 21.1. The van der Waals surface area contributed by atoms with Crippen molar-refractivity contribution in [3.8, 4) is 0 Å². The highest BCUT2D eigenvalue weighted by Crippen LogP contribution is 2.53. The first-order valence-corrected chi connectivity index (χ1v) is 5.25. The number of rotatable bonds is 3. The molecule has 3 fully saturated rings. The summed E-state index contributed by atoms with van der Waals surface area (Å²) in [6, 6.07) is 0. The van der Waals surface area contributed by atoms with Crippen LogP contribution >= 0.6 is 0 Å². The smallest absolute Gasteiger partial charge is 0.331 e. The van der Waals surface area contributed by atoms with Crippen molar-refractivity contribution < 1.29 is 23.7 Å². The van der Waals surface area contributed by atoms with Gasteiger partial charge in [-0.1, -0.05) is 0 Å². The zero-order valence-electron chi connectivity index (χ0n) is 8.55. The molecule has 2 heterocycles. The lowest BCUT2D eigenvalue weighted by Gasteiger charge is -2.26. The first kappa shape index (κ1) is 9.57. The van der Waals surface area contributed by atoms with Crippen molar-refractivity contribution in [3.05, 3.63) is 0 Å². The molecule has 3 rings (SSSR count). The van der Waals surface area contributed by atoms with Crippen LogP contribution in [0, 0.1) is 11.8 Å². The molecule has 0 unspecified atom stereocenters. The number of esters is 1. The van der Waals surface area contributed by atoms with E-state index in [9.17, 15) is 4.79 Å². The van der Waals surface area contributed by atoms with E-state index in [1.54, 1.807) is 0 Å². The molecule has 2 bridgehead atoms. The molecule has 0 N–H and O–H groups in total. The Kier molecular flexibility index (Phi) is 2.19. The number of ether oxygens (including phenoxy) is 4. The molecular formula is C10H14O5. The minimum Gasteiger partial charge on any atom is -0.467 e. The zero-order chi connectivity index (χ0) is 10.4. The summed E-state index contributed by atoms with van der Waals surface area (Å²) in [5.41, 5.74) is 0. The van der Waals surface area contributed by atoms with Crippen LogP contribution in [0.15, 0.2) is 0 Å². The van der Waals surface area contributed by atoms with Crippen LogP contribution in [-0.4, -0.2) is 44.8 Å². The Morgan fingerprint density at radius 3 is 3.13 bits per heavy atom. The summed E-state index contributed by atoms with van der Waals surface area (Å²) in [7, 11) is 1.35. The normalized spacial score (nSPS) is 46.1. The van der Waals surface area contributed by atoms with E-state index in [0.717, 1.165) is 6.42 Å². The first-order chi connectivity index (χ1) is 7.29. The Labute approximate surface area is 87.6 Å². The summed E-state index contributed by atoms with van der Waals surface area (Å²) in [5.74, 6) is 0.736. The van der Waals surface area contributed by atoms with Gasteiger partial charge in [-0.2, -0.15) is 0 Å². The first-order valence-electron chi connectivity index (χ1n) is 5.25. The van der Waals surface area contributed by atoms with Gasteiger partial charge in [-0.05, 0) is 18.3 Å². The van der Waals surface area contributed by atoms with Gasteiger partial charge >= 0.3 is 5.97 Å². The minimum atomic E-state index is -0.354. The molecule has 5 atom stereocenters. The van der Waals surface area contributed by atoms with Crippen molar-refractivity contribution in [3.63, 3.8) is 0 Å². The van der Waals surface area contributed by atoms with E-state index in [1.165, 1.54) is 7.11 Å². The second-order valence-electron chi connectivity index (χ2n) is 4.29. The molecule has 3 aliphatic rings. The molecule has 0 amide bonds. The maximum atomic E-state index is 11.0. The van der Waals surface area contributed by atoms with Crippen LogP contribution in [-0.2, 0) is 23.7 Å². The van der Waals surface area contributed by atoms with Gasteiger partial charge in [0.25, 0.3) is 0 Å². The molecule has 1 aliphatic carbocycles.